The molecule has 1 aliphatic carbocycles. The minimum Gasteiger partial charge on any atom is -0.491 e. The Morgan fingerprint density at radius 1 is 1.21 bits per heavy atom. The molecule has 0 bridgehead atoms. The van der Waals surface area contributed by atoms with Crippen LogP contribution in [0.15, 0.2) is 24.3 Å². The van der Waals surface area contributed by atoms with Crippen LogP contribution in [-0.4, -0.2) is 25.4 Å². The Morgan fingerprint density at radius 2 is 2.00 bits per heavy atom. The maximum absolute atomic E-state index is 5.82. The number of para-hydroxylation sites is 1. The van der Waals surface area contributed by atoms with Gasteiger partial charge in [0.25, 0.3) is 0 Å². The van der Waals surface area contributed by atoms with E-state index in [4.69, 9.17) is 9.47 Å². The molecule has 19 heavy (non-hydrogen) atoms. The molecular formula is C16H25NO2. The maximum Gasteiger partial charge on any atom is 0.123 e. The van der Waals surface area contributed by atoms with Gasteiger partial charge in [0.1, 0.15) is 12.4 Å². The van der Waals surface area contributed by atoms with Crippen LogP contribution in [0.5, 0.6) is 5.75 Å². The summed E-state index contributed by atoms with van der Waals surface area (Å²) in [5, 5.41) is 3.42. The van der Waals surface area contributed by atoms with Crippen molar-refractivity contribution in [2.24, 2.45) is 0 Å². The lowest BCUT2D eigenvalue weighted by molar-refractivity contribution is -0.0104. The number of ether oxygens (including phenoxy) is 2. The molecule has 0 heterocycles. The van der Waals surface area contributed by atoms with E-state index in [1.54, 1.807) is 0 Å². The van der Waals surface area contributed by atoms with Gasteiger partial charge in [-0.2, -0.15) is 0 Å². The average molecular weight is 263 g/mol. The molecule has 0 atom stereocenters. The zero-order valence-electron chi connectivity index (χ0n) is 12.0. The van der Waals surface area contributed by atoms with Crippen molar-refractivity contribution in [3.8, 4) is 5.75 Å². The normalized spacial score (nSPS) is 15.5. The second-order valence-corrected chi connectivity index (χ2v) is 5.42. The molecule has 0 amide bonds. The second-order valence-electron chi connectivity index (χ2n) is 5.42. The van der Waals surface area contributed by atoms with E-state index in [1.807, 2.05) is 12.1 Å². The topological polar surface area (TPSA) is 30.5 Å². The lowest BCUT2D eigenvalue weighted by Crippen LogP contribution is -2.24. The Bertz CT molecular complexity index is 375. The molecule has 3 heteroatoms. The molecule has 0 spiro atoms. The largest absolute Gasteiger partial charge is 0.491 e. The molecular weight excluding hydrogens is 238 g/mol. The quantitative estimate of drug-likeness (QED) is 0.731. The van der Waals surface area contributed by atoms with Crippen LogP contribution in [0.25, 0.3) is 0 Å². The van der Waals surface area contributed by atoms with Crippen LogP contribution in [-0.2, 0) is 11.3 Å². The van der Waals surface area contributed by atoms with Gasteiger partial charge in [0, 0.05) is 18.2 Å². The van der Waals surface area contributed by atoms with E-state index < -0.39 is 0 Å². The maximum atomic E-state index is 5.82. The van der Waals surface area contributed by atoms with E-state index in [9.17, 15) is 0 Å². The van der Waals surface area contributed by atoms with Crippen molar-refractivity contribution >= 4 is 0 Å². The minimum atomic E-state index is 0.481. The average Bonchev–Trinajstić information content (AvgIpc) is 2.35. The Hall–Kier alpha value is -1.06. The summed E-state index contributed by atoms with van der Waals surface area (Å²) < 4.78 is 11.5. The summed E-state index contributed by atoms with van der Waals surface area (Å²) in [6.07, 6.45) is 4.24. The van der Waals surface area contributed by atoms with Crippen LogP contribution in [0.4, 0.5) is 0 Å². The van der Waals surface area contributed by atoms with Gasteiger partial charge < -0.3 is 14.8 Å². The van der Waals surface area contributed by atoms with Crippen LogP contribution in [0, 0.1) is 0 Å². The standard InChI is InChI=1S/C16H25NO2/c1-13(2)17-12-14-6-3-4-9-16(14)19-11-10-18-15-7-5-8-15/h3-4,6,9,13,15,17H,5,7-8,10-12H2,1-2H3. The summed E-state index contributed by atoms with van der Waals surface area (Å²) in [5.74, 6) is 0.966. The fraction of sp³-hybridized carbons (Fsp3) is 0.625. The van der Waals surface area contributed by atoms with E-state index in [1.165, 1.54) is 24.8 Å². The van der Waals surface area contributed by atoms with Crippen molar-refractivity contribution < 1.29 is 9.47 Å². The highest BCUT2D eigenvalue weighted by atomic mass is 16.5. The molecule has 106 valence electrons. The molecule has 2 rings (SSSR count). The van der Waals surface area contributed by atoms with E-state index in [0.29, 0.717) is 25.4 Å². The smallest absolute Gasteiger partial charge is 0.123 e. The molecule has 0 unspecified atom stereocenters. The van der Waals surface area contributed by atoms with E-state index in [-0.39, 0.29) is 0 Å². The molecule has 0 radical (unpaired) electrons. The fourth-order valence-corrected chi connectivity index (χ4v) is 2.01. The van der Waals surface area contributed by atoms with Crippen molar-refractivity contribution in [1.82, 2.24) is 5.32 Å². The van der Waals surface area contributed by atoms with Gasteiger partial charge in [-0.3, -0.25) is 0 Å². The molecule has 1 N–H and O–H groups in total. The van der Waals surface area contributed by atoms with E-state index >= 15 is 0 Å². The van der Waals surface area contributed by atoms with Gasteiger partial charge in [-0.1, -0.05) is 32.0 Å². The molecule has 0 aliphatic heterocycles. The zero-order chi connectivity index (χ0) is 13.5. The van der Waals surface area contributed by atoms with Crippen molar-refractivity contribution in [1.29, 1.82) is 0 Å². The minimum absolute atomic E-state index is 0.481. The first-order valence-corrected chi connectivity index (χ1v) is 7.31. The van der Waals surface area contributed by atoms with Crippen LogP contribution in [0.3, 0.4) is 0 Å². The first-order valence-electron chi connectivity index (χ1n) is 7.31. The van der Waals surface area contributed by atoms with Crippen molar-refractivity contribution in [3.05, 3.63) is 29.8 Å². The summed E-state index contributed by atoms with van der Waals surface area (Å²) in [4.78, 5) is 0. The first kappa shape index (κ1) is 14.4. The van der Waals surface area contributed by atoms with Gasteiger partial charge in [0.05, 0.1) is 12.7 Å². The fourth-order valence-electron chi connectivity index (χ4n) is 2.01. The summed E-state index contributed by atoms with van der Waals surface area (Å²) >= 11 is 0. The third kappa shape index (κ3) is 4.84. The predicted molar refractivity (Wildman–Crippen MR) is 77.5 cm³/mol. The Morgan fingerprint density at radius 3 is 2.68 bits per heavy atom. The van der Waals surface area contributed by atoms with Crippen LogP contribution in [0.2, 0.25) is 0 Å². The lowest BCUT2D eigenvalue weighted by Gasteiger charge is -2.25. The zero-order valence-corrected chi connectivity index (χ0v) is 12.0. The van der Waals surface area contributed by atoms with E-state index in [2.05, 4.69) is 31.3 Å². The number of hydrogen-bond acceptors (Lipinski definition) is 3. The Kier molecular flexibility index (Phi) is 5.67. The van der Waals surface area contributed by atoms with Gasteiger partial charge in [0.2, 0.25) is 0 Å². The van der Waals surface area contributed by atoms with Crippen LogP contribution >= 0.6 is 0 Å². The third-order valence-electron chi connectivity index (χ3n) is 3.42. The second kappa shape index (κ2) is 7.51. The number of nitrogens with one attached hydrogen (secondary N) is 1. The molecule has 1 aliphatic rings. The Labute approximate surface area is 116 Å². The van der Waals surface area contributed by atoms with Gasteiger partial charge in [-0.15, -0.1) is 0 Å². The van der Waals surface area contributed by atoms with Gasteiger partial charge >= 0.3 is 0 Å². The molecule has 1 aromatic carbocycles. The number of rotatable bonds is 8. The van der Waals surface area contributed by atoms with Crippen molar-refractivity contribution in [3.63, 3.8) is 0 Å². The van der Waals surface area contributed by atoms with Crippen molar-refractivity contribution in [2.45, 2.75) is 51.8 Å². The summed E-state index contributed by atoms with van der Waals surface area (Å²) in [6.45, 7) is 6.47. The van der Waals surface area contributed by atoms with Crippen LogP contribution in [0.1, 0.15) is 38.7 Å². The molecule has 1 aromatic rings. The highest BCUT2D eigenvalue weighted by molar-refractivity contribution is 5.33. The highest BCUT2D eigenvalue weighted by Crippen LogP contribution is 2.22. The molecule has 3 nitrogen and oxygen atoms in total. The van der Waals surface area contributed by atoms with Crippen molar-refractivity contribution in [2.75, 3.05) is 13.2 Å². The van der Waals surface area contributed by atoms with Crippen LogP contribution < -0.4 is 10.1 Å². The summed E-state index contributed by atoms with van der Waals surface area (Å²) in [6, 6.07) is 8.68. The van der Waals surface area contributed by atoms with Gasteiger partial charge in [0.15, 0.2) is 0 Å². The molecule has 1 fully saturated rings. The summed E-state index contributed by atoms with van der Waals surface area (Å²) in [5.41, 5.74) is 1.21. The SMILES string of the molecule is CC(C)NCc1ccccc1OCCOC1CCC1. The molecule has 1 saturated carbocycles. The van der Waals surface area contributed by atoms with E-state index in [0.717, 1.165) is 12.3 Å². The predicted octanol–water partition coefficient (Wildman–Crippen LogP) is 3.13. The molecule has 0 aromatic heterocycles. The van der Waals surface area contributed by atoms with Gasteiger partial charge in [-0.25, -0.2) is 0 Å². The molecule has 0 saturated heterocycles. The summed E-state index contributed by atoms with van der Waals surface area (Å²) in [7, 11) is 0. The van der Waals surface area contributed by atoms with Gasteiger partial charge in [-0.05, 0) is 25.3 Å². The number of benzene rings is 1. The third-order valence-corrected chi connectivity index (χ3v) is 3.42. The number of hydrogen-bond donors (Lipinski definition) is 1. The lowest BCUT2D eigenvalue weighted by atomic mass is 9.96. The Balaban J connectivity index is 1.74. The monoisotopic (exact) mass is 263 g/mol. The highest BCUT2D eigenvalue weighted by Gasteiger charge is 2.17. The first-order chi connectivity index (χ1) is 9.25.